The molecule has 144 valence electrons. The van der Waals surface area contributed by atoms with Crippen molar-refractivity contribution >= 4 is 23.3 Å². The monoisotopic (exact) mass is 387 g/mol. The zero-order valence-electron chi connectivity index (χ0n) is 15.8. The summed E-state index contributed by atoms with van der Waals surface area (Å²) in [5.41, 5.74) is 3.38. The van der Waals surface area contributed by atoms with Gasteiger partial charge in [0.25, 0.3) is 5.69 Å². The number of nitrogens with one attached hydrogen (secondary N) is 1. The summed E-state index contributed by atoms with van der Waals surface area (Å²) in [4.78, 5) is 21.9. The van der Waals surface area contributed by atoms with Crippen LogP contribution in [0.3, 0.4) is 0 Å². The quantitative estimate of drug-likeness (QED) is 0.343. The Kier molecular flexibility index (Phi) is 5.56. The lowest BCUT2D eigenvalue weighted by molar-refractivity contribution is -0.383. The van der Waals surface area contributed by atoms with Gasteiger partial charge in [-0.1, -0.05) is 0 Å². The number of nitrogens with zero attached hydrogens (tertiary/aromatic N) is 2. The molecule has 0 aliphatic rings. The predicted octanol–water partition coefficient (Wildman–Crippen LogP) is 5.43. The highest BCUT2D eigenvalue weighted by molar-refractivity contribution is 5.76. The normalized spacial score (nSPS) is 10.1. The standard InChI is InChI=1S/C22H17N3O4/c1-14-9-17(13-26)10-15(2)22(14)29-19-7-8-21(25(27)28)20(11-19)24-18-5-3-16(12-23)4-6-18/h3-11,13,24H,1-2H3. The first-order chi connectivity index (χ1) is 13.9. The molecule has 0 aromatic heterocycles. The molecule has 0 atom stereocenters. The van der Waals surface area contributed by atoms with Crippen LogP contribution in [0, 0.1) is 35.3 Å². The molecule has 29 heavy (non-hydrogen) atoms. The van der Waals surface area contributed by atoms with Crippen molar-refractivity contribution in [3.8, 4) is 17.6 Å². The largest absolute Gasteiger partial charge is 0.457 e. The molecule has 0 amide bonds. The van der Waals surface area contributed by atoms with Crippen molar-refractivity contribution in [2.75, 3.05) is 5.32 Å². The Morgan fingerprint density at radius 1 is 1.07 bits per heavy atom. The highest BCUT2D eigenvalue weighted by Crippen LogP contribution is 2.35. The van der Waals surface area contributed by atoms with Crippen molar-refractivity contribution in [3.05, 3.63) is 87.0 Å². The molecule has 0 aliphatic heterocycles. The first kappa shape index (κ1) is 19.6. The van der Waals surface area contributed by atoms with Gasteiger partial charge in [-0.15, -0.1) is 0 Å². The average Bonchev–Trinajstić information content (AvgIpc) is 2.71. The Morgan fingerprint density at radius 3 is 2.28 bits per heavy atom. The van der Waals surface area contributed by atoms with E-state index in [-0.39, 0.29) is 11.4 Å². The summed E-state index contributed by atoms with van der Waals surface area (Å²) in [5, 5.41) is 23.3. The van der Waals surface area contributed by atoms with Gasteiger partial charge >= 0.3 is 0 Å². The van der Waals surface area contributed by atoms with Crippen LogP contribution in [0.15, 0.2) is 54.6 Å². The average molecular weight is 387 g/mol. The lowest BCUT2D eigenvalue weighted by atomic mass is 10.1. The van der Waals surface area contributed by atoms with Gasteiger partial charge in [-0.25, -0.2) is 0 Å². The second-order valence-corrected chi connectivity index (χ2v) is 6.45. The number of aldehydes is 1. The number of nitro groups is 1. The van der Waals surface area contributed by atoms with E-state index in [4.69, 9.17) is 10.00 Å². The second-order valence-electron chi connectivity index (χ2n) is 6.45. The van der Waals surface area contributed by atoms with Crippen LogP contribution >= 0.6 is 0 Å². The lowest BCUT2D eigenvalue weighted by Gasteiger charge is -2.14. The van der Waals surface area contributed by atoms with Crippen LogP contribution in [-0.2, 0) is 0 Å². The van der Waals surface area contributed by atoms with Gasteiger partial charge in [-0.2, -0.15) is 5.26 Å². The minimum Gasteiger partial charge on any atom is -0.457 e. The van der Waals surface area contributed by atoms with Crippen LogP contribution in [-0.4, -0.2) is 11.2 Å². The summed E-state index contributed by atoms with van der Waals surface area (Å²) in [6.45, 7) is 3.66. The van der Waals surface area contributed by atoms with Crippen molar-refractivity contribution < 1.29 is 14.5 Å². The molecule has 1 N–H and O–H groups in total. The molecule has 0 saturated heterocycles. The van der Waals surface area contributed by atoms with Crippen molar-refractivity contribution in [2.45, 2.75) is 13.8 Å². The maximum absolute atomic E-state index is 11.4. The van der Waals surface area contributed by atoms with E-state index in [0.29, 0.717) is 28.3 Å². The summed E-state index contributed by atoms with van der Waals surface area (Å²) in [6, 6.07) is 16.5. The lowest BCUT2D eigenvalue weighted by Crippen LogP contribution is -1.99. The van der Waals surface area contributed by atoms with Crippen molar-refractivity contribution in [1.82, 2.24) is 0 Å². The SMILES string of the molecule is Cc1cc(C=O)cc(C)c1Oc1ccc([N+](=O)[O-])c(Nc2ccc(C#N)cc2)c1. The molecule has 0 fully saturated rings. The zero-order chi connectivity index (χ0) is 21.0. The summed E-state index contributed by atoms with van der Waals surface area (Å²) < 4.78 is 5.97. The van der Waals surface area contributed by atoms with Gasteiger partial charge in [-0.3, -0.25) is 14.9 Å². The molecule has 0 aliphatic carbocycles. The van der Waals surface area contributed by atoms with Gasteiger partial charge < -0.3 is 10.1 Å². The van der Waals surface area contributed by atoms with Crippen LogP contribution in [0.1, 0.15) is 27.0 Å². The van der Waals surface area contributed by atoms with Gasteiger partial charge in [0.2, 0.25) is 0 Å². The Morgan fingerprint density at radius 2 is 1.72 bits per heavy atom. The summed E-state index contributed by atoms with van der Waals surface area (Å²) >= 11 is 0. The number of hydrogen-bond acceptors (Lipinski definition) is 6. The molecule has 3 aromatic rings. The molecule has 0 radical (unpaired) electrons. The number of hydrogen-bond donors (Lipinski definition) is 1. The summed E-state index contributed by atoms with van der Waals surface area (Å²) in [7, 11) is 0. The number of nitriles is 1. The first-order valence-electron chi connectivity index (χ1n) is 8.71. The molecule has 0 heterocycles. The third-order valence-electron chi connectivity index (χ3n) is 4.30. The Labute approximate surface area is 167 Å². The number of ether oxygens (including phenoxy) is 1. The minimum absolute atomic E-state index is 0.105. The van der Waals surface area contributed by atoms with E-state index < -0.39 is 4.92 Å². The fourth-order valence-electron chi connectivity index (χ4n) is 2.95. The van der Waals surface area contributed by atoms with E-state index >= 15 is 0 Å². The summed E-state index contributed by atoms with van der Waals surface area (Å²) in [6.07, 6.45) is 0.773. The minimum atomic E-state index is -0.481. The van der Waals surface area contributed by atoms with Gasteiger partial charge in [0.15, 0.2) is 0 Å². The zero-order valence-corrected chi connectivity index (χ0v) is 15.8. The number of rotatable bonds is 6. The molecule has 3 rings (SSSR count). The third-order valence-corrected chi connectivity index (χ3v) is 4.30. The van der Waals surface area contributed by atoms with E-state index in [0.717, 1.165) is 17.4 Å². The molecular weight excluding hydrogens is 370 g/mol. The molecule has 0 unspecified atom stereocenters. The van der Waals surface area contributed by atoms with Crippen LogP contribution in [0.5, 0.6) is 11.5 Å². The second kappa shape index (κ2) is 8.23. The molecule has 7 nitrogen and oxygen atoms in total. The Bertz CT molecular complexity index is 1110. The Balaban J connectivity index is 1.95. The number of carbonyl (C=O) groups excluding carboxylic acids is 1. The third kappa shape index (κ3) is 4.39. The first-order valence-corrected chi connectivity index (χ1v) is 8.71. The number of benzene rings is 3. The van der Waals surface area contributed by atoms with E-state index in [1.54, 1.807) is 42.5 Å². The fourth-order valence-corrected chi connectivity index (χ4v) is 2.95. The molecule has 0 saturated carbocycles. The predicted molar refractivity (Wildman–Crippen MR) is 109 cm³/mol. The number of carbonyl (C=O) groups is 1. The van der Waals surface area contributed by atoms with Crippen LogP contribution in [0.2, 0.25) is 0 Å². The smallest absolute Gasteiger partial charge is 0.292 e. The molecule has 0 bridgehead atoms. The van der Waals surface area contributed by atoms with Gasteiger partial charge in [0.05, 0.1) is 16.6 Å². The highest BCUT2D eigenvalue weighted by atomic mass is 16.6. The van der Waals surface area contributed by atoms with E-state index in [2.05, 4.69) is 5.32 Å². The summed E-state index contributed by atoms with van der Waals surface area (Å²) in [5.74, 6) is 1.01. The van der Waals surface area contributed by atoms with E-state index in [1.165, 1.54) is 12.1 Å². The molecule has 7 heteroatoms. The van der Waals surface area contributed by atoms with Crippen molar-refractivity contribution in [2.24, 2.45) is 0 Å². The number of aryl methyl sites for hydroxylation is 2. The van der Waals surface area contributed by atoms with Gasteiger partial charge in [0.1, 0.15) is 23.5 Å². The molecule has 3 aromatic carbocycles. The van der Waals surface area contributed by atoms with Crippen LogP contribution in [0.25, 0.3) is 0 Å². The fraction of sp³-hybridized carbons (Fsp3) is 0.0909. The molecule has 0 spiro atoms. The maximum atomic E-state index is 11.4. The molecular formula is C22H17N3O4. The van der Waals surface area contributed by atoms with Crippen LogP contribution < -0.4 is 10.1 Å². The Hall–Kier alpha value is -4.18. The van der Waals surface area contributed by atoms with E-state index in [1.807, 2.05) is 19.9 Å². The van der Waals surface area contributed by atoms with E-state index in [9.17, 15) is 14.9 Å². The van der Waals surface area contributed by atoms with Crippen molar-refractivity contribution in [1.29, 1.82) is 5.26 Å². The highest BCUT2D eigenvalue weighted by Gasteiger charge is 2.16. The van der Waals surface area contributed by atoms with Gasteiger partial charge in [0, 0.05) is 23.4 Å². The van der Waals surface area contributed by atoms with Crippen LogP contribution in [0.4, 0.5) is 17.1 Å². The topological polar surface area (TPSA) is 105 Å². The maximum Gasteiger partial charge on any atom is 0.292 e. The van der Waals surface area contributed by atoms with Crippen molar-refractivity contribution in [3.63, 3.8) is 0 Å². The number of anilines is 2. The number of nitro benzene ring substituents is 1. The van der Waals surface area contributed by atoms with Gasteiger partial charge in [-0.05, 0) is 67.4 Å².